The molecule has 0 N–H and O–H groups in total. The summed E-state index contributed by atoms with van der Waals surface area (Å²) in [6.07, 6.45) is 5.29. The third-order valence-corrected chi connectivity index (χ3v) is 4.38. The van der Waals surface area contributed by atoms with E-state index in [0.717, 1.165) is 51.8 Å². The van der Waals surface area contributed by atoms with Crippen LogP contribution >= 0.6 is 0 Å². The Kier molecular flexibility index (Phi) is 3.16. The summed E-state index contributed by atoms with van der Waals surface area (Å²) >= 11 is 0. The highest BCUT2D eigenvalue weighted by Crippen LogP contribution is 2.17. The van der Waals surface area contributed by atoms with E-state index < -0.39 is 0 Å². The minimum atomic E-state index is 0.751. The van der Waals surface area contributed by atoms with Crippen LogP contribution in [0.1, 0.15) is 11.5 Å². The lowest BCUT2D eigenvalue weighted by molar-refractivity contribution is 0.824. The Balaban J connectivity index is 1.46. The molecular weight excluding hydrogens is 310 g/mol. The van der Waals surface area contributed by atoms with Gasteiger partial charge >= 0.3 is 0 Å². The molecule has 0 aliphatic carbocycles. The monoisotopic (exact) mass is 325 g/mol. The lowest BCUT2D eigenvalue weighted by Gasteiger charge is -2.01. The van der Waals surface area contributed by atoms with Gasteiger partial charge in [0.2, 0.25) is 0 Å². The normalized spacial score (nSPS) is 11.5. The van der Waals surface area contributed by atoms with Crippen LogP contribution in [0.15, 0.2) is 67.0 Å². The van der Waals surface area contributed by atoms with Gasteiger partial charge in [-0.3, -0.25) is 9.97 Å². The first kappa shape index (κ1) is 14.0. The predicted molar refractivity (Wildman–Crippen MR) is 97.4 cm³/mol. The highest BCUT2D eigenvalue weighted by atomic mass is 15.3. The van der Waals surface area contributed by atoms with Gasteiger partial charge in [-0.1, -0.05) is 30.3 Å². The van der Waals surface area contributed by atoms with E-state index in [9.17, 15) is 0 Å². The van der Waals surface area contributed by atoms with Crippen LogP contribution in [-0.2, 0) is 12.8 Å². The minimum absolute atomic E-state index is 0.751. The van der Waals surface area contributed by atoms with E-state index in [1.54, 1.807) is 10.7 Å². The quantitative estimate of drug-likeness (QED) is 0.508. The van der Waals surface area contributed by atoms with Crippen molar-refractivity contribution < 1.29 is 0 Å². The van der Waals surface area contributed by atoms with Gasteiger partial charge in [0.05, 0.1) is 5.52 Å². The molecule has 5 rings (SSSR count). The third kappa shape index (κ3) is 2.50. The second-order valence-corrected chi connectivity index (χ2v) is 6.05. The Hall–Kier alpha value is -3.34. The van der Waals surface area contributed by atoms with Gasteiger partial charge in [0.1, 0.15) is 5.52 Å². The summed E-state index contributed by atoms with van der Waals surface area (Å²) < 4.78 is 1.80. The van der Waals surface area contributed by atoms with Gasteiger partial charge in [0, 0.05) is 35.3 Å². The van der Waals surface area contributed by atoms with E-state index in [1.165, 1.54) is 0 Å². The number of fused-ring (bicyclic) bond motifs is 4. The summed E-state index contributed by atoms with van der Waals surface area (Å²) in [6.45, 7) is 0. The number of pyridine rings is 3. The maximum atomic E-state index is 4.72. The van der Waals surface area contributed by atoms with E-state index in [1.807, 2.05) is 42.6 Å². The molecule has 120 valence electrons. The first-order chi connectivity index (χ1) is 12.4. The fourth-order valence-corrected chi connectivity index (χ4v) is 3.12. The molecule has 4 aromatic heterocycles. The van der Waals surface area contributed by atoms with Crippen molar-refractivity contribution in [2.24, 2.45) is 0 Å². The maximum Gasteiger partial charge on any atom is 0.181 e. The summed E-state index contributed by atoms with van der Waals surface area (Å²) in [5, 5.41) is 6.81. The molecule has 5 aromatic rings. The van der Waals surface area contributed by atoms with Gasteiger partial charge in [-0.2, -0.15) is 5.10 Å². The summed E-state index contributed by atoms with van der Waals surface area (Å²) in [5.74, 6) is 0.813. The van der Waals surface area contributed by atoms with Crippen molar-refractivity contribution in [2.45, 2.75) is 12.8 Å². The van der Waals surface area contributed by atoms with Crippen LogP contribution in [0.4, 0.5) is 0 Å². The Morgan fingerprint density at radius 1 is 0.800 bits per heavy atom. The summed E-state index contributed by atoms with van der Waals surface area (Å²) in [7, 11) is 0. The van der Waals surface area contributed by atoms with Crippen molar-refractivity contribution in [3.8, 4) is 0 Å². The summed E-state index contributed by atoms with van der Waals surface area (Å²) in [6, 6.07) is 18.3. The van der Waals surface area contributed by atoms with Crippen molar-refractivity contribution in [2.75, 3.05) is 0 Å². The number of nitrogens with zero attached hydrogens (tertiary/aromatic N) is 5. The second-order valence-electron chi connectivity index (χ2n) is 6.05. The van der Waals surface area contributed by atoms with Crippen molar-refractivity contribution in [3.63, 3.8) is 0 Å². The molecule has 0 amide bonds. The zero-order valence-electron chi connectivity index (χ0n) is 13.5. The standard InChI is InChI=1S/C20H15N5/c1-2-6-17-14(4-1)7-8-16(22-17)9-10-18-23-20-19-15(5-3-12-21-19)11-13-25(20)24-18/h1-8,11-13H,9-10H2. The highest BCUT2D eigenvalue weighted by Gasteiger charge is 2.09. The first-order valence-corrected chi connectivity index (χ1v) is 8.30. The highest BCUT2D eigenvalue weighted by molar-refractivity contribution is 5.89. The zero-order chi connectivity index (χ0) is 16.6. The van der Waals surface area contributed by atoms with Crippen LogP contribution in [-0.4, -0.2) is 24.6 Å². The number of hydrogen-bond acceptors (Lipinski definition) is 4. The molecule has 5 heteroatoms. The smallest absolute Gasteiger partial charge is 0.181 e. The molecule has 0 spiro atoms. The second kappa shape index (κ2) is 5.63. The van der Waals surface area contributed by atoms with E-state index in [0.29, 0.717) is 0 Å². The molecule has 0 saturated heterocycles. The number of hydrogen-bond donors (Lipinski definition) is 0. The molecule has 0 fully saturated rings. The van der Waals surface area contributed by atoms with Crippen LogP contribution in [0.25, 0.3) is 27.5 Å². The molecule has 0 saturated carbocycles. The minimum Gasteiger partial charge on any atom is -0.253 e. The Morgan fingerprint density at radius 3 is 2.72 bits per heavy atom. The van der Waals surface area contributed by atoms with E-state index in [-0.39, 0.29) is 0 Å². The number of aromatic nitrogens is 5. The average Bonchev–Trinajstić information content (AvgIpc) is 3.10. The van der Waals surface area contributed by atoms with Crippen LogP contribution in [0.2, 0.25) is 0 Å². The SMILES string of the molecule is c1ccc2nc(CCc3nc4c5ncccc5ccn4n3)ccc2c1. The van der Waals surface area contributed by atoms with E-state index in [2.05, 4.69) is 33.3 Å². The molecule has 0 atom stereocenters. The van der Waals surface area contributed by atoms with Crippen molar-refractivity contribution in [1.29, 1.82) is 0 Å². The van der Waals surface area contributed by atoms with Crippen LogP contribution in [0.5, 0.6) is 0 Å². The van der Waals surface area contributed by atoms with E-state index in [4.69, 9.17) is 4.98 Å². The van der Waals surface area contributed by atoms with Crippen LogP contribution < -0.4 is 0 Å². The van der Waals surface area contributed by atoms with Gasteiger partial charge in [-0.25, -0.2) is 9.50 Å². The maximum absolute atomic E-state index is 4.72. The lowest BCUT2D eigenvalue weighted by Crippen LogP contribution is -1.97. The molecule has 1 aromatic carbocycles. The molecule has 0 aliphatic rings. The first-order valence-electron chi connectivity index (χ1n) is 8.30. The van der Waals surface area contributed by atoms with Gasteiger partial charge in [0.25, 0.3) is 0 Å². The molecular formula is C20H15N5. The van der Waals surface area contributed by atoms with Crippen LogP contribution in [0.3, 0.4) is 0 Å². The third-order valence-electron chi connectivity index (χ3n) is 4.38. The van der Waals surface area contributed by atoms with Crippen molar-refractivity contribution >= 4 is 27.5 Å². The average molecular weight is 325 g/mol. The molecule has 0 radical (unpaired) electrons. The number of aryl methyl sites for hydroxylation is 2. The van der Waals surface area contributed by atoms with Crippen molar-refractivity contribution in [1.82, 2.24) is 24.6 Å². The lowest BCUT2D eigenvalue weighted by atomic mass is 10.1. The topological polar surface area (TPSA) is 56.0 Å². The summed E-state index contributed by atoms with van der Waals surface area (Å²) in [5.41, 5.74) is 3.77. The fourth-order valence-electron chi connectivity index (χ4n) is 3.12. The van der Waals surface area contributed by atoms with Gasteiger partial charge in [-0.05, 0) is 30.7 Å². The number of rotatable bonds is 3. The fraction of sp³-hybridized carbons (Fsp3) is 0.100. The Bertz CT molecular complexity index is 1210. The van der Waals surface area contributed by atoms with E-state index >= 15 is 0 Å². The molecule has 5 nitrogen and oxygen atoms in total. The van der Waals surface area contributed by atoms with Gasteiger partial charge < -0.3 is 0 Å². The van der Waals surface area contributed by atoms with Gasteiger partial charge in [-0.15, -0.1) is 0 Å². The molecule has 25 heavy (non-hydrogen) atoms. The molecule has 4 heterocycles. The number of para-hydroxylation sites is 1. The van der Waals surface area contributed by atoms with Crippen LogP contribution in [0, 0.1) is 0 Å². The zero-order valence-corrected chi connectivity index (χ0v) is 13.5. The largest absolute Gasteiger partial charge is 0.253 e. The Morgan fingerprint density at radius 2 is 1.72 bits per heavy atom. The Labute approximate surface area is 144 Å². The van der Waals surface area contributed by atoms with Crippen molar-refractivity contribution in [3.05, 3.63) is 78.5 Å². The van der Waals surface area contributed by atoms with Gasteiger partial charge in [0.15, 0.2) is 11.5 Å². The molecule has 0 unspecified atom stereocenters. The molecule has 0 bridgehead atoms. The predicted octanol–water partition coefficient (Wildman–Crippen LogP) is 3.61. The number of benzene rings is 1. The summed E-state index contributed by atoms with van der Waals surface area (Å²) in [4.78, 5) is 13.8. The molecule has 0 aliphatic heterocycles.